The van der Waals surface area contributed by atoms with Crippen LogP contribution >= 0.6 is 0 Å². The molecular formula is C20H29N5O2. The van der Waals surface area contributed by atoms with E-state index in [0.717, 1.165) is 31.5 Å². The number of likely N-dealkylation sites (N-methyl/N-ethyl adjacent to an activating group) is 1. The zero-order valence-electron chi connectivity index (χ0n) is 16.1. The van der Waals surface area contributed by atoms with Gasteiger partial charge in [0.1, 0.15) is 0 Å². The minimum absolute atomic E-state index is 0.102. The van der Waals surface area contributed by atoms with Crippen molar-refractivity contribution in [3.05, 3.63) is 48.3 Å². The summed E-state index contributed by atoms with van der Waals surface area (Å²) in [7, 11) is 4.04. The predicted molar refractivity (Wildman–Crippen MR) is 105 cm³/mol. The summed E-state index contributed by atoms with van der Waals surface area (Å²) in [6.45, 7) is 2.97. The number of aromatic nitrogens is 2. The van der Waals surface area contributed by atoms with Crippen LogP contribution in [0, 0.1) is 5.92 Å². The number of hydrogen-bond donors (Lipinski definition) is 2. The number of aliphatic hydroxyl groups excluding tert-OH is 1. The summed E-state index contributed by atoms with van der Waals surface area (Å²) >= 11 is 0. The first-order valence-corrected chi connectivity index (χ1v) is 9.49. The van der Waals surface area contributed by atoms with Crippen molar-refractivity contribution in [2.45, 2.75) is 25.5 Å². The molecule has 0 saturated carbocycles. The quantitative estimate of drug-likeness (QED) is 0.818. The number of likely N-dealkylation sites (tertiary alicyclic amines) is 1. The van der Waals surface area contributed by atoms with Crippen molar-refractivity contribution in [1.29, 1.82) is 0 Å². The Balaban J connectivity index is 1.47. The third-order valence-electron chi connectivity index (χ3n) is 5.08. The van der Waals surface area contributed by atoms with Gasteiger partial charge < -0.3 is 20.2 Å². The zero-order chi connectivity index (χ0) is 19.2. The molecule has 1 fully saturated rings. The molecule has 1 aromatic carbocycles. The minimum atomic E-state index is -0.466. The van der Waals surface area contributed by atoms with Crippen LogP contribution in [0.2, 0.25) is 0 Å². The molecule has 7 heteroatoms. The summed E-state index contributed by atoms with van der Waals surface area (Å²) in [6, 6.07) is 9.65. The fourth-order valence-electron chi connectivity index (χ4n) is 3.40. The average molecular weight is 371 g/mol. The van der Waals surface area contributed by atoms with Crippen LogP contribution in [-0.4, -0.2) is 64.4 Å². The Bertz CT molecular complexity index is 723. The van der Waals surface area contributed by atoms with Gasteiger partial charge in [0.15, 0.2) is 0 Å². The summed E-state index contributed by atoms with van der Waals surface area (Å²) in [6.07, 6.45) is 4.66. The van der Waals surface area contributed by atoms with Crippen molar-refractivity contribution in [3.8, 4) is 0 Å². The zero-order valence-corrected chi connectivity index (χ0v) is 16.1. The summed E-state index contributed by atoms with van der Waals surface area (Å²) in [5.74, 6) is 0.185. The second kappa shape index (κ2) is 9.01. The number of rotatable bonds is 6. The maximum Gasteiger partial charge on any atom is 0.321 e. The molecule has 2 heterocycles. The molecule has 3 rings (SSSR count). The summed E-state index contributed by atoms with van der Waals surface area (Å²) in [5.41, 5.74) is 1.66. The minimum Gasteiger partial charge on any atom is -0.388 e. The van der Waals surface area contributed by atoms with Gasteiger partial charge in [-0.3, -0.25) is 4.68 Å². The van der Waals surface area contributed by atoms with Gasteiger partial charge in [0.2, 0.25) is 0 Å². The summed E-state index contributed by atoms with van der Waals surface area (Å²) in [5, 5.41) is 17.8. The summed E-state index contributed by atoms with van der Waals surface area (Å²) in [4.78, 5) is 16.4. The SMILES string of the molecule is CN(C)CCn1cc(NC(=O)N2CCC([C@@H](O)c3ccccc3)CC2)cn1. The molecule has 1 atom stereocenters. The number of hydrogen-bond acceptors (Lipinski definition) is 4. The molecular weight excluding hydrogens is 342 g/mol. The van der Waals surface area contributed by atoms with E-state index in [1.165, 1.54) is 0 Å². The van der Waals surface area contributed by atoms with Crippen molar-refractivity contribution in [3.63, 3.8) is 0 Å². The Morgan fingerprint density at radius 2 is 2.00 bits per heavy atom. The second-order valence-electron chi connectivity index (χ2n) is 7.41. The lowest BCUT2D eigenvalue weighted by molar-refractivity contribution is 0.0683. The number of aliphatic hydroxyl groups is 1. The van der Waals surface area contributed by atoms with E-state index in [-0.39, 0.29) is 11.9 Å². The van der Waals surface area contributed by atoms with E-state index in [0.29, 0.717) is 18.8 Å². The number of urea groups is 1. The van der Waals surface area contributed by atoms with Gasteiger partial charge in [-0.1, -0.05) is 30.3 Å². The highest BCUT2D eigenvalue weighted by atomic mass is 16.3. The predicted octanol–water partition coefficient (Wildman–Crippen LogP) is 2.42. The number of nitrogens with zero attached hydrogens (tertiary/aromatic N) is 4. The Hall–Kier alpha value is -2.38. The first-order valence-electron chi connectivity index (χ1n) is 9.49. The molecule has 1 aliphatic heterocycles. The monoisotopic (exact) mass is 371 g/mol. The number of anilines is 1. The standard InChI is InChI=1S/C20H29N5O2/c1-23(2)12-13-25-15-18(14-21-25)22-20(27)24-10-8-17(9-11-24)19(26)16-6-4-3-5-7-16/h3-7,14-15,17,19,26H,8-13H2,1-2H3,(H,22,27)/t19-/m0/s1. The molecule has 0 radical (unpaired) electrons. The van der Waals surface area contributed by atoms with Crippen LogP contribution in [0.5, 0.6) is 0 Å². The lowest BCUT2D eigenvalue weighted by Gasteiger charge is -2.34. The number of nitrogens with one attached hydrogen (secondary N) is 1. The van der Waals surface area contributed by atoms with E-state index in [2.05, 4.69) is 15.3 Å². The average Bonchev–Trinajstić information content (AvgIpc) is 3.14. The Morgan fingerprint density at radius 1 is 1.30 bits per heavy atom. The molecule has 0 unspecified atom stereocenters. The van der Waals surface area contributed by atoms with Crippen LogP contribution in [0.25, 0.3) is 0 Å². The van der Waals surface area contributed by atoms with Crippen LogP contribution < -0.4 is 5.32 Å². The van der Waals surface area contributed by atoms with E-state index in [9.17, 15) is 9.90 Å². The highest BCUT2D eigenvalue weighted by Gasteiger charge is 2.28. The molecule has 0 spiro atoms. The fraction of sp³-hybridized carbons (Fsp3) is 0.500. The Labute approximate surface area is 160 Å². The van der Waals surface area contributed by atoms with Crippen LogP contribution in [0.3, 0.4) is 0 Å². The van der Waals surface area contributed by atoms with Gasteiger partial charge >= 0.3 is 6.03 Å². The van der Waals surface area contributed by atoms with Gasteiger partial charge in [0, 0.05) is 25.8 Å². The molecule has 146 valence electrons. The van der Waals surface area contributed by atoms with Gasteiger partial charge in [0.25, 0.3) is 0 Å². The van der Waals surface area contributed by atoms with Crippen LogP contribution in [0.4, 0.5) is 10.5 Å². The van der Waals surface area contributed by atoms with Crippen LogP contribution in [0.15, 0.2) is 42.7 Å². The van der Waals surface area contributed by atoms with Gasteiger partial charge in [-0.15, -0.1) is 0 Å². The van der Waals surface area contributed by atoms with Crippen molar-refractivity contribution in [1.82, 2.24) is 19.6 Å². The molecule has 1 aromatic heterocycles. The maximum absolute atomic E-state index is 12.5. The molecule has 0 bridgehead atoms. The molecule has 2 N–H and O–H groups in total. The molecule has 1 aliphatic rings. The number of benzene rings is 1. The van der Waals surface area contributed by atoms with E-state index in [4.69, 9.17) is 0 Å². The van der Waals surface area contributed by atoms with Crippen LogP contribution in [-0.2, 0) is 6.54 Å². The molecule has 2 amide bonds. The third-order valence-corrected chi connectivity index (χ3v) is 5.08. The second-order valence-corrected chi connectivity index (χ2v) is 7.41. The lowest BCUT2D eigenvalue weighted by Crippen LogP contribution is -2.42. The van der Waals surface area contributed by atoms with Crippen molar-refractivity contribution < 1.29 is 9.90 Å². The van der Waals surface area contributed by atoms with Crippen molar-refractivity contribution in [2.24, 2.45) is 5.92 Å². The Morgan fingerprint density at radius 3 is 2.67 bits per heavy atom. The molecule has 0 aliphatic carbocycles. The number of piperidine rings is 1. The number of carbonyl (C=O) groups is 1. The normalized spacial score (nSPS) is 16.5. The van der Waals surface area contributed by atoms with Crippen molar-refractivity contribution >= 4 is 11.7 Å². The third kappa shape index (κ3) is 5.30. The number of amides is 2. The Kier molecular flexibility index (Phi) is 6.47. The maximum atomic E-state index is 12.5. The smallest absolute Gasteiger partial charge is 0.321 e. The summed E-state index contributed by atoms with van der Waals surface area (Å²) < 4.78 is 1.83. The van der Waals surface area contributed by atoms with Crippen molar-refractivity contribution in [2.75, 3.05) is 39.0 Å². The molecule has 2 aromatic rings. The topological polar surface area (TPSA) is 73.6 Å². The molecule has 7 nitrogen and oxygen atoms in total. The lowest BCUT2D eigenvalue weighted by atomic mass is 9.87. The first kappa shape index (κ1) is 19.4. The van der Waals surface area contributed by atoms with Gasteiger partial charge in [-0.05, 0) is 38.4 Å². The molecule has 1 saturated heterocycles. The largest absolute Gasteiger partial charge is 0.388 e. The first-order chi connectivity index (χ1) is 13.0. The van der Waals surface area contributed by atoms with Crippen LogP contribution in [0.1, 0.15) is 24.5 Å². The van der Waals surface area contributed by atoms with E-state index < -0.39 is 6.10 Å². The highest BCUT2D eigenvalue weighted by molar-refractivity contribution is 5.89. The molecule has 27 heavy (non-hydrogen) atoms. The van der Waals surface area contributed by atoms with Gasteiger partial charge in [-0.25, -0.2) is 4.79 Å². The van der Waals surface area contributed by atoms with E-state index in [1.54, 1.807) is 6.20 Å². The van der Waals surface area contributed by atoms with E-state index >= 15 is 0 Å². The highest BCUT2D eigenvalue weighted by Crippen LogP contribution is 2.30. The van der Waals surface area contributed by atoms with Gasteiger partial charge in [0.05, 0.1) is 24.5 Å². The fourth-order valence-corrected chi connectivity index (χ4v) is 3.40. The van der Waals surface area contributed by atoms with Gasteiger partial charge in [-0.2, -0.15) is 5.10 Å². The van der Waals surface area contributed by atoms with E-state index in [1.807, 2.05) is 60.2 Å². The number of carbonyl (C=O) groups excluding carboxylic acids is 1.